The molecule has 1 fully saturated rings. The Morgan fingerprint density at radius 1 is 1.26 bits per heavy atom. The lowest BCUT2D eigenvalue weighted by Crippen LogP contribution is -2.38. The quantitative estimate of drug-likeness (QED) is 0.438. The lowest BCUT2D eigenvalue weighted by atomic mass is 10.0. The number of carbonyl (C=O) groups excluding carboxylic acids is 1. The van der Waals surface area contributed by atoms with Crippen LogP contribution in [0.5, 0.6) is 0 Å². The van der Waals surface area contributed by atoms with E-state index in [1.165, 1.54) is 24.0 Å². The van der Waals surface area contributed by atoms with E-state index in [9.17, 15) is 14.4 Å². The first-order chi connectivity index (χ1) is 16.5. The molecule has 0 atom stereocenters. The molecule has 0 aromatic carbocycles. The van der Waals surface area contributed by atoms with Gasteiger partial charge in [-0.2, -0.15) is 15.5 Å². The number of piperidine rings is 1. The minimum Gasteiger partial charge on any atom is -0.343 e. The molecule has 172 valence electrons. The summed E-state index contributed by atoms with van der Waals surface area (Å²) in [5, 5.41) is 18.8. The normalized spacial score (nSPS) is 14.5. The van der Waals surface area contributed by atoms with E-state index in [-0.39, 0.29) is 17.0 Å². The second-order valence-corrected chi connectivity index (χ2v) is 9.30. The van der Waals surface area contributed by atoms with Gasteiger partial charge in [0.05, 0.1) is 29.5 Å². The van der Waals surface area contributed by atoms with Gasteiger partial charge in [-0.05, 0) is 38.0 Å². The van der Waals surface area contributed by atoms with E-state index in [1.807, 2.05) is 35.0 Å². The third kappa shape index (κ3) is 3.92. The summed E-state index contributed by atoms with van der Waals surface area (Å²) < 4.78 is 18.0. The van der Waals surface area contributed by atoms with E-state index in [0.29, 0.717) is 16.0 Å². The molecule has 34 heavy (non-hydrogen) atoms. The fourth-order valence-corrected chi connectivity index (χ4v) is 5.42. The van der Waals surface area contributed by atoms with Gasteiger partial charge in [0.1, 0.15) is 11.1 Å². The van der Waals surface area contributed by atoms with Crippen LogP contribution in [0.2, 0.25) is 0 Å². The van der Waals surface area contributed by atoms with Crippen LogP contribution >= 0.6 is 11.8 Å². The van der Waals surface area contributed by atoms with Crippen LogP contribution in [0, 0.1) is 24.1 Å². The van der Waals surface area contributed by atoms with Crippen molar-refractivity contribution in [2.45, 2.75) is 42.7 Å². The second kappa shape index (κ2) is 8.91. The average Bonchev–Trinajstić information content (AvgIpc) is 3.44. The van der Waals surface area contributed by atoms with E-state index < -0.39 is 5.82 Å². The third-order valence-electron chi connectivity index (χ3n) is 6.24. The van der Waals surface area contributed by atoms with Gasteiger partial charge in [0, 0.05) is 54.1 Å². The Bertz CT molecular complexity index is 1430. The summed E-state index contributed by atoms with van der Waals surface area (Å²) in [4.78, 5) is 18.4. The molecular weight excluding hydrogens is 453 g/mol. The number of nitrogens with zero attached hydrogens (tertiary/aromatic N) is 7. The zero-order valence-electron chi connectivity index (χ0n) is 18.8. The molecular formula is C24H22FN7OS. The maximum atomic E-state index is 14.3. The number of hydrogen-bond donors (Lipinski definition) is 0. The Hall–Kier alpha value is -3.71. The fraction of sp³-hybridized carbons (Fsp3) is 0.292. The van der Waals surface area contributed by atoms with Crippen LogP contribution < -0.4 is 0 Å². The van der Waals surface area contributed by atoms with E-state index in [2.05, 4.69) is 21.3 Å². The number of hydrogen-bond acceptors (Lipinski definition) is 6. The number of nitriles is 1. The van der Waals surface area contributed by atoms with Gasteiger partial charge >= 0.3 is 0 Å². The van der Waals surface area contributed by atoms with Crippen LogP contribution in [0.1, 0.15) is 37.1 Å². The van der Waals surface area contributed by atoms with Gasteiger partial charge in [-0.1, -0.05) is 11.8 Å². The van der Waals surface area contributed by atoms with Crippen LogP contribution in [0.3, 0.4) is 0 Å². The predicted molar refractivity (Wildman–Crippen MR) is 125 cm³/mol. The van der Waals surface area contributed by atoms with Crippen molar-refractivity contribution in [1.82, 2.24) is 29.3 Å². The molecule has 1 saturated heterocycles. The molecule has 5 heterocycles. The molecule has 0 radical (unpaired) electrons. The average molecular weight is 476 g/mol. The third-order valence-corrected chi connectivity index (χ3v) is 7.26. The number of halogens is 1. The Kier molecular flexibility index (Phi) is 5.79. The van der Waals surface area contributed by atoms with Gasteiger partial charge in [0.15, 0.2) is 5.82 Å². The number of aromatic nitrogens is 5. The standard InChI is InChI=1S/C24H22FN7OS/c1-15-20(13-29-32(15)19-5-8-30(9-6-19)16(2)33)17-10-22(34-24-21(25)4-3-7-27-24)23-18(11-26)12-28-31(23)14-17/h3-4,7,10,12-14,19H,5-6,8-9H2,1-2H3. The number of pyridine rings is 2. The number of rotatable bonds is 4. The van der Waals surface area contributed by atoms with Gasteiger partial charge < -0.3 is 4.90 Å². The lowest BCUT2D eigenvalue weighted by Gasteiger charge is -2.32. The lowest BCUT2D eigenvalue weighted by molar-refractivity contribution is -0.130. The van der Waals surface area contributed by atoms with Crippen molar-refractivity contribution in [3.63, 3.8) is 0 Å². The highest BCUT2D eigenvalue weighted by Gasteiger charge is 2.25. The van der Waals surface area contributed by atoms with Crippen molar-refractivity contribution in [3.8, 4) is 17.2 Å². The molecule has 4 aromatic heterocycles. The van der Waals surface area contributed by atoms with E-state index in [4.69, 9.17) is 0 Å². The Morgan fingerprint density at radius 3 is 2.76 bits per heavy atom. The Morgan fingerprint density at radius 2 is 2.06 bits per heavy atom. The second-order valence-electron chi connectivity index (χ2n) is 8.27. The van der Waals surface area contributed by atoms with Crippen LogP contribution in [-0.4, -0.2) is 48.3 Å². The first kappa shape index (κ1) is 22.1. The van der Waals surface area contributed by atoms with Gasteiger partial charge in [0.2, 0.25) is 5.91 Å². The fourth-order valence-electron chi connectivity index (χ4n) is 4.44. The SMILES string of the molecule is CC(=O)N1CCC(n2ncc(-c3cc(Sc4ncccc4F)c4c(C#N)cnn4c3)c2C)CC1. The van der Waals surface area contributed by atoms with Crippen molar-refractivity contribution in [2.24, 2.45) is 0 Å². The summed E-state index contributed by atoms with van der Waals surface area (Å²) in [5.74, 6) is -0.315. The number of fused-ring (bicyclic) bond motifs is 1. The molecule has 1 aliphatic rings. The van der Waals surface area contributed by atoms with Crippen molar-refractivity contribution < 1.29 is 9.18 Å². The molecule has 1 amide bonds. The van der Waals surface area contributed by atoms with Gasteiger partial charge in [0.25, 0.3) is 0 Å². The summed E-state index contributed by atoms with van der Waals surface area (Å²) in [7, 11) is 0. The molecule has 0 aliphatic carbocycles. The largest absolute Gasteiger partial charge is 0.343 e. The Labute approximate surface area is 200 Å². The number of likely N-dealkylation sites (tertiary alicyclic amines) is 1. The van der Waals surface area contributed by atoms with Crippen molar-refractivity contribution in [1.29, 1.82) is 5.26 Å². The first-order valence-electron chi connectivity index (χ1n) is 11.0. The van der Waals surface area contributed by atoms with Crippen LogP contribution in [0.4, 0.5) is 4.39 Å². The zero-order chi connectivity index (χ0) is 23.8. The Balaban J connectivity index is 1.53. The highest BCUT2D eigenvalue weighted by Crippen LogP contribution is 2.37. The monoisotopic (exact) mass is 475 g/mol. The topological polar surface area (TPSA) is 92.1 Å². The molecule has 0 saturated carbocycles. The summed E-state index contributed by atoms with van der Waals surface area (Å²) in [6.45, 7) is 5.08. The number of amides is 1. The van der Waals surface area contributed by atoms with Crippen LogP contribution in [0.15, 0.2) is 52.9 Å². The summed E-state index contributed by atoms with van der Waals surface area (Å²) >= 11 is 1.17. The maximum Gasteiger partial charge on any atom is 0.219 e. The van der Waals surface area contributed by atoms with Crippen LogP contribution in [-0.2, 0) is 4.79 Å². The van der Waals surface area contributed by atoms with Crippen molar-refractivity contribution in [2.75, 3.05) is 13.1 Å². The van der Waals surface area contributed by atoms with Crippen LogP contribution in [0.25, 0.3) is 16.6 Å². The molecule has 4 aromatic rings. The molecule has 10 heteroatoms. The molecule has 0 spiro atoms. The molecule has 1 aliphatic heterocycles. The van der Waals surface area contributed by atoms with E-state index in [1.54, 1.807) is 23.7 Å². The molecule has 0 N–H and O–H groups in total. The highest BCUT2D eigenvalue weighted by atomic mass is 32.2. The predicted octanol–water partition coefficient (Wildman–Crippen LogP) is 4.25. The minimum absolute atomic E-state index is 0.106. The summed E-state index contributed by atoms with van der Waals surface area (Å²) in [5.41, 5.74) is 3.84. The summed E-state index contributed by atoms with van der Waals surface area (Å²) in [6.07, 6.45) is 8.45. The molecule has 8 nitrogen and oxygen atoms in total. The van der Waals surface area contributed by atoms with Crippen molar-refractivity contribution >= 4 is 23.2 Å². The molecule has 0 bridgehead atoms. The van der Waals surface area contributed by atoms with Crippen molar-refractivity contribution in [3.05, 3.63) is 60.1 Å². The van der Waals surface area contributed by atoms with Gasteiger partial charge in [-0.25, -0.2) is 13.9 Å². The molecule has 5 rings (SSSR count). The zero-order valence-corrected chi connectivity index (χ0v) is 19.6. The van der Waals surface area contributed by atoms with Gasteiger partial charge in [-0.3, -0.25) is 9.48 Å². The molecule has 0 unspecified atom stereocenters. The first-order valence-corrected chi connectivity index (χ1v) is 11.8. The highest BCUT2D eigenvalue weighted by molar-refractivity contribution is 7.99. The van der Waals surface area contributed by atoms with Gasteiger partial charge in [-0.15, -0.1) is 0 Å². The number of carbonyl (C=O) groups is 1. The smallest absolute Gasteiger partial charge is 0.219 e. The maximum absolute atomic E-state index is 14.3. The van der Waals surface area contributed by atoms with E-state index in [0.717, 1.165) is 42.8 Å². The van der Waals surface area contributed by atoms with E-state index >= 15 is 0 Å². The summed E-state index contributed by atoms with van der Waals surface area (Å²) in [6, 6.07) is 7.23. The minimum atomic E-state index is -0.421.